The second-order valence-corrected chi connectivity index (χ2v) is 2.79. The molecule has 1 saturated heterocycles. The molecule has 4 heteroatoms. The molecular formula is C9H20F3N. The van der Waals surface area contributed by atoms with E-state index in [0.717, 1.165) is 0 Å². The number of hydrogen-bond donors (Lipinski definition) is 0. The molecule has 1 nitrogen and oxygen atoms in total. The van der Waals surface area contributed by atoms with Gasteiger partial charge < -0.3 is 4.90 Å². The van der Waals surface area contributed by atoms with Crippen molar-refractivity contribution in [1.29, 1.82) is 0 Å². The zero-order chi connectivity index (χ0) is 10.9. The lowest BCUT2D eigenvalue weighted by atomic mass is 10.4. The summed E-state index contributed by atoms with van der Waals surface area (Å²) in [7, 11) is 2.17. The van der Waals surface area contributed by atoms with Crippen LogP contribution in [-0.4, -0.2) is 31.2 Å². The number of halogens is 3. The Balaban J connectivity index is 0. The van der Waals surface area contributed by atoms with Gasteiger partial charge in [0.1, 0.15) is 0 Å². The summed E-state index contributed by atoms with van der Waals surface area (Å²) in [5.41, 5.74) is 0. The van der Waals surface area contributed by atoms with Crippen molar-refractivity contribution in [2.24, 2.45) is 0 Å². The maximum Gasteiger partial charge on any atom is 0.386 e. The fourth-order valence-corrected chi connectivity index (χ4v) is 0.875. The van der Waals surface area contributed by atoms with Crippen LogP contribution in [0.4, 0.5) is 13.2 Å². The lowest BCUT2D eigenvalue weighted by Gasteiger charge is -2.01. The lowest BCUT2D eigenvalue weighted by molar-refractivity contribution is -0.110. The molecule has 1 aliphatic heterocycles. The second kappa shape index (κ2) is 8.35. The molecule has 0 atom stereocenters. The highest BCUT2D eigenvalue weighted by Gasteiger charge is 2.15. The molecule has 0 spiro atoms. The van der Waals surface area contributed by atoms with Gasteiger partial charge in [-0.05, 0) is 33.0 Å². The molecule has 1 fully saturated rings. The molecule has 1 aliphatic rings. The molecular weight excluding hydrogens is 179 g/mol. The van der Waals surface area contributed by atoms with Gasteiger partial charge in [0.25, 0.3) is 0 Å². The first-order chi connectivity index (χ1) is 5.89. The molecule has 82 valence electrons. The van der Waals surface area contributed by atoms with E-state index < -0.39 is 6.18 Å². The standard InChI is InChI=1S/C5H11N.C2H3F3.C2H6/c1-6-4-2-3-5-6;1-2(3,4)5;1-2/h2-5H2,1H3;1H3;1-2H3. The Morgan fingerprint density at radius 2 is 1.23 bits per heavy atom. The van der Waals surface area contributed by atoms with Crippen LogP contribution in [0.1, 0.15) is 33.6 Å². The van der Waals surface area contributed by atoms with Gasteiger partial charge in [-0.25, -0.2) is 0 Å². The molecule has 13 heavy (non-hydrogen) atoms. The van der Waals surface area contributed by atoms with Gasteiger partial charge in [-0.2, -0.15) is 13.2 Å². The summed E-state index contributed by atoms with van der Waals surface area (Å²) in [5.74, 6) is 0. The third-order valence-electron chi connectivity index (χ3n) is 1.33. The summed E-state index contributed by atoms with van der Waals surface area (Å²) in [6.07, 6.45) is -1.17. The second-order valence-electron chi connectivity index (χ2n) is 2.79. The first kappa shape index (κ1) is 15.2. The maximum atomic E-state index is 10.4. The van der Waals surface area contributed by atoms with Crippen LogP contribution in [0.2, 0.25) is 0 Å². The van der Waals surface area contributed by atoms with E-state index in [9.17, 15) is 13.2 Å². The third-order valence-corrected chi connectivity index (χ3v) is 1.33. The number of likely N-dealkylation sites (tertiary alicyclic amines) is 1. The van der Waals surface area contributed by atoms with Gasteiger partial charge in [-0.3, -0.25) is 0 Å². The summed E-state index contributed by atoms with van der Waals surface area (Å²) >= 11 is 0. The van der Waals surface area contributed by atoms with Crippen molar-refractivity contribution in [3.8, 4) is 0 Å². The van der Waals surface area contributed by atoms with Crippen LogP contribution >= 0.6 is 0 Å². The summed E-state index contributed by atoms with van der Waals surface area (Å²) in [4.78, 5) is 2.36. The molecule has 0 aromatic heterocycles. The number of rotatable bonds is 0. The van der Waals surface area contributed by atoms with Crippen molar-refractivity contribution in [2.75, 3.05) is 20.1 Å². The van der Waals surface area contributed by atoms with Crippen molar-refractivity contribution >= 4 is 0 Å². The molecule has 1 rings (SSSR count). The van der Waals surface area contributed by atoms with Crippen LogP contribution < -0.4 is 0 Å². The third kappa shape index (κ3) is 24.5. The zero-order valence-electron chi connectivity index (χ0n) is 8.91. The Morgan fingerprint density at radius 3 is 1.31 bits per heavy atom. The monoisotopic (exact) mass is 199 g/mol. The van der Waals surface area contributed by atoms with E-state index in [1.807, 2.05) is 13.8 Å². The van der Waals surface area contributed by atoms with E-state index in [4.69, 9.17) is 0 Å². The molecule has 0 aromatic rings. The fourth-order valence-electron chi connectivity index (χ4n) is 0.875. The Labute approximate surface area is 78.9 Å². The summed E-state index contributed by atoms with van der Waals surface area (Å²) in [5, 5.41) is 0. The van der Waals surface area contributed by atoms with Crippen molar-refractivity contribution in [1.82, 2.24) is 4.90 Å². The molecule has 0 aromatic carbocycles. The van der Waals surface area contributed by atoms with E-state index >= 15 is 0 Å². The largest absolute Gasteiger partial charge is 0.386 e. The van der Waals surface area contributed by atoms with Gasteiger partial charge >= 0.3 is 6.18 Å². The maximum absolute atomic E-state index is 10.4. The average molecular weight is 199 g/mol. The molecule has 0 saturated carbocycles. The van der Waals surface area contributed by atoms with Crippen molar-refractivity contribution in [3.05, 3.63) is 0 Å². The Hall–Kier alpha value is -0.250. The molecule has 0 unspecified atom stereocenters. The van der Waals surface area contributed by atoms with Crippen LogP contribution in [0.3, 0.4) is 0 Å². The van der Waals surface area contributed by atoms with E-state index in [-0.39, 0.29) is 6.92 Å². The van der Waals surface area contributed by atoms with E-state index in [1.165, 1.54) is 25.9 Å². The molecule has 0 bridgehead atoms. The topological polar surface area (TPSA) is 3.24 Å². The van der Waals surface area contributed by atoms with Crippen molar-refractivity contribution < 1.29 is 13.2 Å². The highest BCUT2D eigenvalue weighted by Crippen LogP contribution is 2.10. The molecule has 0 aliphatic carbocycles. The van der Waals surface area contributed by atoms with Gasteiger partial charge in [0.2, 0.25) is 0 Å². The number of hydrogen-bond acceptors (Lipinski definition) is 1. The predicted molar refractivity (Wildman–Crippen MR) is 49.8 cm³/mol. The van der Waals surface area contributed by atoms with E-state index in [0.29, 0.717) is 0 Å². The lowest BCUT2D eigenvalue weighted by Crippen LogP contribution is -2.10. The van der Waals surface area contributed by atoms with E-state index in [2.05, 4.69) is 11.9 Å². The summed E-state index contributed by atoms with van der Waals surface area (Å²) < 4.78 is 31.1. The van der Waals surface area contributed by atoms with Crippen LogP contribution in [0.25, 0.3) is 0 Å². The smallest absolute Gasteiger partial charge is 0.306 e. The van der Waals surface area contributed by atoms with E-state index in [1.54, 1.807) is 0 Å². The highest BCUT2D eigenvalue weighted by atomic mass is 19.4. The van der Waals surface area contributed by atoms with Crippen LogP contribution in [0.15, 0.2) is 0 Å². The number of nitrogens with zero attached hydrogens (tertiary/aromatic N) is 1. The normalized spacial score (nSPS) is 16.8. The predicted octanol–water partition coefficient (Wildman–Crippen LogP) is 3.31. The Bertz CT molecular complexity index is 89.5. The van der Waals surface area contributed by atoms with Crippen molar-refractivity contribution in [2.45, 2.75) is 39.8 Å². The average Bonchev–Trinajstić information content (AvgIpc) is 2.40. The Morgan fingerprint density at radius 1 is 1.00 bits per heavy atom. The summed E-state index contributed by atoms with van der Waals surface area (Å²) in [6, 6.07) is 0. The SMILES string of the molecule is CC.CC(F)(F)F.CN1CCCC1. The van der Waals surface area contributed by atoms with Gasteiger partial charge in [0.05, 0.1) is 0 Å². The first-order valence-corrected chi connectivity index (χ1v) is 4.65. The molecule has 0 radical (unpaired) electrons. The van der Waals surface area contributed by atoms with Gasteiger partial charge in [0, 0.05) is 6.92 Å². The molecule has 0 N–H and O–H groups in total. The quantitative estimate of drug-likeness (QED) is 0.578. The number of alkyl halides is 3. The van der Waals surface area contributed by atoms with Crippen LogP contribution in [0.5, 0.6) is 0 Å². The zero-order valence-corrected chi connectivity index (χ0v) is 8.91. The Kier molecular flexibility index (Phi) is 9.79. The van der Waals surface area contributed by atoms with Gasteiger partial charge in [-0.1, -0.05) is 13.8 Å². The first-order valence-electron chi connectivity index (χ1n) is 4.65. The highest BCUT2D eigenvalue weighted by molar-refractivity contribution is 4.59. The minimum atomic E-state index is -4.00. The molecule has 0 amide bonds. The van der Waals surface area contributed by atoms with Gasteiger partial charge in [0.15, 0.2) is 0 Å². The van der Waals surface area contributed by atoms with Crippen LogP contribution in [-0.2, 0) is 0 Å². The fraction of sp³-hybridized carbons (Fsp3) is 1.00. The minimum Gasteiger partial charge on any atom is -0.306 e. The van der Waals surface area contributed by atoms with Crippen LogP contribution in [0, 0.1) is 0 Å². The van der Waals surface area contributed by atoms with Gasteiger partial charge in [-0.15, -0.1) is 0 Å². The summed E-state index contributed by atoms with van der Waals surface area (Å²) in [6.45, 7) is 6.83. The van der Waals surface area contributed by atoms with Crippen molar-refractivity contribution in [3.63, 3.8) is 0 Å². The molecule has 1 heterocycles. The minimum absolute atomic E-state index is 0.188.